The molecule has 0 fully saturated rings. The normalized spacial score (nSPS) is 11.2. The summed E-state index contributed by atoms with van der Waals surface area (Å²) in [4.78, 5) is 11.4. The first-order valence-electron chi connectivity index (χ1n) is 7.58. The summed E-state index contributed by atoms with van der Waals surface area (Å²) in [6.07, 6.45) is 0.993. The second-order valence-corrected chi connectivity index (χ2v) is 6.13. The molecule has 3 aromatic rings. The monoisotopic (exact) mass is 340 g/mol. The van der Waals surface area contributed by atoms with E-state index in [1.165, 1.54) is 17.0 Å². The predicted molar refractivity (Wildman–Crippen MR) is 95.3 cm³/mol. The van der Waals surface area contributed by atoms with Gasteiger partial charge < -0.3 is 4.57 Å². The molecule has 7 heteroatoms. The number of azo groups is 1. The van der Waals surface area contributed by atoms with Crippen LogP contribution in [-0.2, 0) is 6.54 Å². The van der Waals surface area contributed by atoms with E-state index in [-0.39, 0.29) is 5.69 Å². The topological polar surface area (TPSA) is 72.8 Å². The minimum atomic E-state index is -0.430. The van der Waals surface area contributed by atoms with Crippen molar-refractivity contribution in [1.82, 2.24) is 4.57 Å². The van der Waals surface area contributed by atoms with E-state index in [0.29, 0.717) is 5.69 Å². The van der Waals surface area contributed by atoms with Crippen LogP contribution in [0.1, 0.15) is 13.3 Å². The van der Waals surface area contributed by atoms with Crippen molar-refractivity contribution in [2.24, 2.45) is 10.2 Å². The van der Waals surface area contributed by atoms with Gasteiger partial charge in [-0.15, -0.1) is 21.6 Å². The Morgan fingerprint density at radius 2 is 1.92 bits per heavy atom. The molecule has 0 spiro atoms. The van der Waals surface area contributed by atoms with E-state index in [1.807, 2.05) is 18.2 Å². The number of nitro benzene ring substituents is 1. The van der Waals surface area contributed by atoms with Crippen LogP contribution < -0.4 is 0 Å². The van der Waals surface area contributed by atoms with Gasteiger partial charge in [0.15, 0.2) is 5.82 Å². The van der Waals surface area contributed by atoms with Gasteiger partial charge in [-0.05, 0) is 42.1 Å². The Labute approximate surface area is 143 Å². The third-order valence-electron chi connectivity index (χ3n) is 3.51. The summed E-state index contributed by atoms with van der Waals surface area (Å²) < 4.78 is 2.14. The van der Waals surface area contributed by atoms with E-state index in [2.05, 4.69) is 33.2 Å². The third-order valence-corrected chi connectivity index (χ3v) is 4.40. The van der Waals surface area contributed by atoms with Gasteiger partial charge in [0, 0.05) is 18.7 Å². The molecule has 0 saturated heterocycles. The highest BCUT2D eigenvalue weighted by molar-refractivity contribution is 7.13. The molecule has 0 aliphatic carbocycles. The van der Waals surface area contributed by atoms with E-state index >= 15 is 0 Å². The molecule has 1 aromatic carbocycles. The number of hydrogen-bond acceptors (Lipinski definition) is 5. The van der Waals surface area contributed by atoms with Crippen LogP contribution in [0, 0.1) is 10.1 Å². The molecule has 2 aromatic heterocycles. The van der Waals surface area contributed by atoms with Crippen LogP contribution in [0.4, 0.5) is 17.2 Å². The third kappa shape index (κ3) is 3.41. The molecule has 0 bridgehead atoms. The lowest BCUT2D eigenvalue weighted by molar-refractivity contribution is -0.384. The highest BCUT2D eigenvalue weighted by atomic mass is 32.1. The average molecular weight is 340 g/mol. The second-order valence-electron chi connectivity index (χ2n) is 5.18. The highest BCUT2D eigenvalue weighted by Crippen LogP contribution is 2.31. The minimum Gasteiger partial charge on any atom is -0.324 e. The maximum Gasteiger partial charge on any atom is 0.269 e. The van der Waals surface area contributed by atoms with Crippen LogP contribution in [0.5, 0.6) is 0 Å². The standard InChI is InChI=1S/C17H16N4O2S/c1-2-11-20-15(16-4-3-12-24-16)9-10-17(20)19-18-13-5-7-14(8-6-13)21(22)23/h3-10,12H,2,11H2,1H3. The van der Waals surface area contributed by atoms with Crippen LogP contribution in [0.25, 0.3) is 10.6 Å². The van der Waals surface area contributed by atoms with Gasteiger partial charge in [-0.3, -0.25) is 10.1 Å². The number of benzene rings is 1. The molecule has 0 aliphatic heterocycles. The van der Waals surface area contributed by atoms with Crippen LogP contribution in [0.15, 0.2) is 64.1 Å². The van der Waals surface area contributed by atoms with Gasteiger partial charge in [0.05, 0.1) is 21.2 Å². The van der Waals surface area contributed by atoms with E-state index < -0.39 is 4.92 Å². The number of aromatic nitrogens is 1. The van der Waals surface area contributed by atoms with E-state index in [9.17, 15) is 10.1 Å². The molecule has 122 valence electrons. The van der Waals surface area contributed by atoms with Gasteiger partial charge in [-0.1, -0.05) is 13.0 Å². The van der Waals surface area contributed by atoms with Gasteiger partial charge in [0.25, 0.3) is 5.69 Å². The van der Waals surface area contributed by atoms with E-state index in [1.54, 1.807) is 23.5 Å². The quantitative estimate of drug-likeness (QED) is 0.316. The van der Waals surface area contributed by atoms with Gasteiger partial charge >= 0.3 is 0 Å². The molecule has 2 heterocycles. The van der Waals surface area contributed by atoms with Crippen molar-refractivity contribution in [3.8, 4) is 10.6 Å². The molecule has 0 unspecified atom stereocenters. The number of non-ortho nitro benzene ring substituents is 1. The number of thiophene rings is 1. The van der Waals surface area contributed by atoms with Gasteiger partial charge in [-0.25, -0.2) is 0 Å². The first-order valence-corrected chi connectivity index (χ1v) is 8.46. The smallest absolute Gasteiger partial charge is 0.269 e. The summed E-state index contributed by atoms with van der Waals surface area (Å²) in [7, 11) is 0. The molecule has 0 radical (unpaired) electrons. The molecule has 0 N–H and O–H groups in total. The zero-order chi connectivity index (χ0) is 16.9. The average Bonchev–Trinajstić information content (AvgIpc) is 3.23. The molecule has 0 amide bonds. The minimum absolute atomic E-state index is 0.0447. The van der Waals surface area contributed by atoms with Crippen molar-refractivity contribution in [2.45, 2.75) is 19.9 Å². The van der Waals surface area contributed by atoms with Gasteiger partial charge in [0.1, 0.15) is 0 Å². The molecule has 0 saturated carbocycles. The fraction of sp³-hybridized carbons (Fsp3) is 0.176. The first-order chi connectivity index (χ1) is 11.7. The number of hydrogen-bond donors (Lipinski definition) is 0. The molecule has 3 rings (SSSR count). The van der Waals surface area contributed by atoms with Crippen LogP contribution in [-0.4, -0.2) is 9.49 Å². The molecule has 6 nitrogen and oxygen atoms in total. The Bertz CT molecular complexity index is 851. The predicted octanol–water partition coefficient (Wildman–Crippen LogP) is 5.95. The SMILES string of the molecule is CCCn1c(N=Nc2ccc([N+](=O)[O-])cc2)ccc1-c1cccs1. The van der Waals surface area contributed by atoms with Crippen molar-refractivity contribution in [1.29, 1.82) is 0 Å². The number of nitro groups is 1. The van der Waals surface area contributed by atoms with Crippen molar-refractivity contribution in [3.63, 3.8) is 0 Å². The summed E-state index contributed by atoms with van der Waals surface area (Å²) >= 11 is 1.69. The summed E-state index contributed by atoms with van der Waals surface area (Å²) in [6.45, 7) is 2.98. The van der Waals surface area contributed by atoms with Gasteiger partial charge in [-0.2, -0.15) is 0 Å². The van der Waals surface area contributed by atoms with Crippen LogP contribution in [0.2, 0.25) is 0 Å². The Hall–Kier alpha value is -2.80. The fourth-order valence-electron chi connectivity index (χ4n) is 2.39. The van der Waals surface area contributed by atoms with Crippen LogP contribution in [0.3, 0.4) is 0 Å². The highest BCUT2D eigenvalue weighted by Gasteiger charge is 2.10. The summed E-state index contributed by atoms with van der Waals surface area (Å²) in [5, 5.41) is 21.2. The zero-order valence-electron chi connectivity index (χ0n) is 13.1. The lowest BCUT2D eigenvalue weighted by Crippen LogP contribution is -1.97. The first kappa shape index (κ1) is 16.1. The fourth-order valence-corrected chi connectivity index (χ4v) is 3.15. The summed E-state index contributed by atoms with van der Waals surface area (Å²) in [5.41, 5.74) is 1.76. The Balaban J connectivity index is 1.88. The maximum atomic E-state index is 10.7. The lowest BCUT2D eigenvalue weighted by Gasteiger charge is -2.08. The van der Waals surface area contributed by atoms with E-state index in [0.717, 1.165) is 24.5 Å². The second kappa shape index (κ2) is 7.18. The molecule has 0 atom stereocenters. The molecular formula is C17H16N4O2S. The van der Waals surface area contributed by atoms with Crippen LogP contribution >= 0.6 is 11.3 Å². The number of nitrogens with zero attached hydrogens (tertiary/aromatic N) is 4. The summed E-state index contributed by atoms with van der Waals surface area (Å²) in [6, 6.07) is 14.1. The Morgan fingerprint density at radius 1 is 1.12 bits per heavy atom. The molecule has 24 heavy (non-hydrogen) atoms. The largest absolute Gasteiger partial charge is 0.324 e. The van der Waals surface area contributed by atoms with Crippen molar-refractivity contribution in [2.75, 3.05) is 0 Å². The lowest BCUT2D eigenvalue weighted by atomic mass is 10.3. The van der Waals surface area contributed by atoms with Crippen molar-refractivity contribution < 1.29 is 4.92 Å². The molecular weight excluding hydrogens is 324 g/mol. The maximum absolute atomic E-state index is 10.7. The zero-order valence-corrected chi connectivity index (χ0v) is 13.9. The Kier molecular flexibility index (Phi) is 4.81. The Morgan fingerprint density at radius 3 is 2.54 bits per heavy atom. The van der Waals surface area contributed by atoms with Crippen molar-refractivity contribution in [3.05, 3.63) is 64.0 Å². The molecule has 0 aliphatic rings. The van der Waals surface area contributed by atoms with Gasteiger partial charge in [0.2, 0.25) is 0 Å². The van der Waals surface area contributed by atoms with E-state index in [4.69, 9.17) is 0 Å². The summed E-state index contributed by atoms with van der Waals surface area (Å²) in [5.74, 6) is 0.776. The van der Waals surface area contributed by atoms with Crippen molar-refractivity contribution >= 4 is 28.5 Å². The number of rotatable bonds is 6.